The fourth-order valence-electron chi connectivity index (χ4n) is 1.50. The molecule has 1 aromatic carbocycles. The number of anilines is 1. The molecule has 100 valence electrons. The van der Waals surface area contributed by atoms with Crippen molar-refractivity contribution in [3.05, 3.63) is 23.8 Å². The van der Waals surface area contributed by atoms with Crippen LogP contribution in [0, 0.1) is 5.92 Å². The number of alkyl halides is 3. The highest BCUT2D eigenvalue weighted by molar-refractivity contribution is 5.49. The monoisotopic (exact) mass is 261 g/mol. The highest BCUT2D eigenvalue weighted by Gasteiger charge is 2.34. The fourth-order valence-corrected chi connectivity index (χ4v) is 1.50. The van der Waals surface area contributed by atoms with Gasteiger partial charge in [-0.2, -0.15) is 13.2 Å². The molecule has 0 spiro atoms. The van der Waals surface area contributed by atoms with E-state index in [2.05, 4.69) is 0 Å². The molecule has 1 aromatic rings. The lowest BCUT2D eigenvalue weighted by atomic mass is 10.1. The van der Waals surface area contributed by atoms with Gasteiger partial charge in [-0.15, -0.1) is 0 Å². The molecule has 2 rings (SSSR count). The minimum absolute atomic E-state index is 0.0496. The Morgan fingerprint density at radius 3 is 2.61 bits per heavy atom. The fraction of sp³-hybridized carbons (Fsp3) is 0.500. The molecule has 0 saturated heterocycles. The molecule has 0 aromatic heterocycles. The van der Waals surface area contributed by atoms with E-state index in [0.29, 0.717) is 12.5 Å². The van der Waals surface area contributed by atoms with Crippen LogP contribution in [0.2, 0.25) is 0 Å². The standard InChI is InChI=1S/C12H14F3NO2/c13-12(14,15)10-5-9(16)3-4-11(10)18-7-17-6-8-1-2-8/h3-5,8H,1-2,6-7,16H2. The third kappa shape index (κ3) is 3.53. The van der Waals surface area contributed by atoms with Crippen LogP contribution in [-0.2, 0) is 10.9 Å². The van der Waals surface area contributed by atoms with Crippen LogP contribution in [0.4, 0.5) is 18.9 Å². The number of halogens is 3. The van der Waals surface area contributed by atoms with E-state index in [0.717, 1.165) is 18.9 Å². The molecule has 1 aliphatic rings. The van der Waals surface area contributed by atoms with Gasteiger partial charge in [-0.3, -0.25) is 0 Å². The summed E-state index contributed by atoms with van der Waals surface area (Å²) in [5.74, 6) is 0.287. The van der Waals surface area contributed by atoms with Crippen molar-refractivity contribution < 1.29 is 22.6 Å². The highest BCUT2D eigenvalue weighted by atomic mass is 19.4. The Hall–Kier alpha value is -1.43. The molecule has 1 saturated carbocycles. The van der Waals surface area contributed by atoms with E-state index in [1.165, 1.54) is 12.1 Å². The van der Waals surface area contributed by atoms with Crippen LogP contribution in [0.15, 0.2) is 18.2 Å². The van der Waals surface area contributed by atoms with E-state index in [-0.39, 0.29) is 18.2 Å². The van der Waals surface area contributed by atoms with Gasteiger partial charge in [-0.05, 0) is 37.0 Å². The van der Waals surface area contributed by atoms with Gasteiger partial charge in [-0.1, -0.05) is 0 Å². The lowest BCUT2D eigenvalue weighted by Gasteiger charge is -2.14. The van der Waals surface area contributed by atoms with Gasteiger partial charge in [0, 0.05) is 5.69 Å². The van der Waals surface area contributed by atoms with Gasteiger partial charge in [0.1, 0.15) is 5.75 Å². The van der Waals surface area contributed by atoms with Crippen molar-refractivity contribution in [3.63, 3.8) is 0 Å². The summed E-state index contributed by atoms with van der Waals surface area (Å²) < 4.78 is 48.2. The summed E-state index contributed by atoms with van der Waals surface area (Å²) in [6, 6.07) is 3.43. The lowest BCUT2D eigenvalue weighted by molar-refractivity contribution is -0.139. The molecule has 18 heavy (non-hydrogen) atoms. The van der Waals surface area contributed by atoms with Crippen molar-refractivity contribution >= 4 is 5.69 Å². The molecular formula is C12H14F3NO2. The molecule has 0 heterocycles. The average molecular weight is 261 g/mol. The van der Waals surface area contributed by atoms with Gasteiger partial charge in [0.15, 0.2) is 6.79 Å². The Morgan fingerprint density at radius 1 is 1.28 bits per heavy atom. The van der Waals surface area contributed by atoms with Crippen LogP contribution in [0.1, 0.15) is 18.4 Å². The molecular weight excluding hydrogens is 247 g/mol. The maximum absolute atomic E-state index is 12.7. The van der Waals surface area contributed by atoms with Crippen LogP contribution in [0.5, 0.6) is 5.75 Å². The summed E-state index contributed by atoms with van der Waals surface area (Å²) in [6.45, 7) is 0.361. The molecule has 0 radical (unpaired) electrons. The number of nitrogens with two attached hydrogens (primary N) is 1. The summed E-state index contributed by atoms with van der Waals surface area (Å²) in [5, 5.41) is 0. The van der Waals surface area contributed by atoms with Gasteiger partial charge in [0.05, 0.1) is 12.2 Å². The first kappa shape index (κ1) is 13.0. The van der Waals surface area contributed by atoms with Gasteiger partial charge in [0.2, 0.25) is 0 Å². The van der Waals surface area contributed by atoms with Crippen molar-refractivity contribution in [2.24, 2.45) is 5.92 Å². The smallest absolute Gasteiger partial charge is 0.420 e. The number of hydrogen-bond donors (Lipinski definition) is 1. The molecule has 0 bridgehead atoms. The molecule has 0 unspecified atom stereocenters. The van der Waals surface area contributed by atoms with E-state index >= 15 is 0 Å². The van der Waals surface area contributed by atoms with Gasteiger partial charge >= 0.3 is 6.18 Å². The van der Waals surface area contributed by atoms with Gasteiger partial charge in [0.25, 0.3) is 0 Å². The van der Waals surface area contributed by atoms with E-state index in [4.69, 9.17) is 15.2 Å². The number of benzene rings is 1. The van der Waals surface area contributed by atoms with E-state index in [1.807, 2.05) is 0 Å². The molecule has 0 amide bonds. The third-order valence-corrected chi connectivity index (χ3v) is 2.66. The number of ether oxygens (including phenoxy) is 2. The topological polar surface area (TPSA) is 44.5 Å². The van der Waals surface area contributed by atoms with Crippen molar-refractivity contribution in [1.29, 1.82) is 0 Å². The number of rotatable bonds is 5. The molecule has 1 aliphatic carbocycles. The van der Waals surface area contributed by atoms with Crippen LogP contribution < -0.4 is 10.5 Å². The van der Waals surface area contributed by atoms with Crippen LogP contribution in [-0.4, -0.2) is 13.4 Å². The Kier molecular flexibility index (Phi) is 3.65. The van der Waals surface area contributed by atoms with E-state index in [1.54, 1.807) is 0 Å². The SMILES string of the molecule is Nc1ccc(OCOCC2CC2)c(C(F)(F)F)c1. The molecule has 0 aliphatic heterocycles. The molecule has 6 heteroatoms. The first-order chi connectivity index (χ1) is 8.47. The zero-order chi connectivity index (χ0) is 13.2. The third-order valence-electron chi connectivity index (χ3n) is 2.66. The summed E-state index contributed by atoms with van der Waals surface area (Å²) in [4.78, 5) is 0. The Balaban J connectivity index is 1.97. The van der Waals surface area contributed by atoms with Crippen molar-refractivity contribution in [2.45, 2.75) is 19.0 Å². The second kappa shape index (κ2) is 5.06. The largest absolute Gasteiger partial charge is 0.467 e. The summed E-state index contributed by atoms with van der Waals surface area (Å²) in [7, 11) is 0. The molecule has 1 fully saturated rings. The summed E-state index contributed by atoms with van der Waals surface area (Å²) in [5.41, 5.74) is 4.51. The Bertz CT molecular complexity index is 416. The van der Waals surface area contributed by atoms with Crippen LogP contribution in [0.3, 0.4) is 0 Å². The average Bonchev–Trinajstić information content (AvgIpc) is 3.08. The summed E-state index contributed by atoms with van der Waals surface area (Å²) >= 11 is 0. The van der Waals surface area contributed by atoms with E-state index in [9.17, 15) is 13.2 Å². The van der Waals surface area contributed by atoms with Gasteiger partial charge < -0.3 is 15.2 Å². The van der Waals surface area contributed by atoms with Crippen molar-refractivity contribution in [3.8, 4) is 5.75 Å². The molecule has 3 nitrogen and oxygen atoms in total. The zero-order valence-electron chi connectivity index (χ0n) is 9.67. The number of hydrogen-bond acceptors (Lipinski definition) is 3. The first-order valence-corrected chi connectivity index (χ1v) is 5.64. The van der Waals surface area contributed by atoms with Gasteiger partial charge in [-0.25, -0.2) is 0 Å². The van der Waals surface area contributed by atoms with Crippen LogP contribution >= 0.6 is 0 Å². The zero-order valence-corrected chi connectivity index (χ0v) is 9.67. The maximum atomic E-state index is 12.7. The normalized spacial score (nSPS) is 15.7. The van der Waals surface area contributed by atoms with Crippen LogP contribution in [0.25, 0.3) is 0 Å². The van der Waals surface area contributed by atoms with E-state index < -0.39 is 11.7 Å². The minimum atomic E-state index is -4.48. The Morgan fingerprint density at radius 2 is 2.00 bits per heavy atom. The minimum Gasteiger partial charge on any atom is -0.467 e. The van der Waals surface area contributed by atoms with Crippen molar-refractivity contribution in [1.82, 2.24) is 0 Å². The second-order valence-electron chi connectivity index (χ2n) is 4.33. The lowest BCUT2D eigenvalue weighted by Crippen LogP contribution is -2.12. The first-order valence-electron chi connectivity index (χ1n) is 5.64. The number of nitrogen functional groups attached to an aromatic ring is 1. The quantitative estimate of drug-likeness (QED) is 0.503. The Labute approximate surface area is 103 Å². The van der Waals surface area contributed by atoms with Crippen molar-refractivity contribution in [2.75, 3.05) is 19.1 Å². The molecule has 2 N–H and O–H groups in total. The molecule has 0 atom stereocenters. The second-order valence-corrected chi connectivity index (χ2v) is 4.33. The predicted molar refractivity (Wildman–Crippen MR) is 60.0 cm³/mol. The highest BCUT2D eigenvalue weighted by Crippen LogP contribution is 2.37. The predicted octanol–water partition coefficient (Wildman–Crippen LogP) is 3.05. The maximum Gasteiger partial charge on any atom is 0.420 e. The summed E-state index contributed by atoms with van der Waals surface area (Å²) in [6.07, 6.45) is -2.24.